The number of para-hydroxylation sites is 1. The number of amides is 3. The highest BCUT2D eigenvalue weighted by Gasteiger charge is 2.31. The normalized spacial score (nSPS) is 14.1. The van der Waals surface area contributed by atoms with E-state index in [-0.39, 0.29) is 30.9 Å². The van der Waals surface area contributed by atoms with Crippen LogP contribution >= 0.6 is 0 Å². The second-order valence-corrected chi connectivity index (χ2v) is 11.0. The molecule has 43 heavy (non-hydrogen) atoms. The predicted octanol–water partition coefficient (Wildman–Crippen LogP) is 1.31. The van der Waals surface area contributed by atoms with Gasteiger partial charge in [0.25, 0.3) is 0 Å². The molecule has 0 fully saturated rings. The number of phenols is 1. The van der Waals surface area contributed by atoms with Crippen LogP contribution in [0.15, 0.2) is 54.7 Å². The fourth-order valence-corrected chi connectivity index (χ4v) is 4.79. The second-order valence-electron chi connectivity index (χ2n) is 11.0. The molecule has 4 unspecified atom stereocenters. The lowest BCUT2D eigenvalue weighted by atomic mass is 10.0. The molecule has 0 saturated heterocycles. The largest absolute Gasteiger partial charge is 0.508 e. The molecule has 10 N–H and O–H groups in total. The van der Waals surface area contributed by atoms with E-state index < -0.39 is 47.9 Å². The first-order valence-corrected chi connectivity index (χ1v) is 14.4. The van der Waals surface area contributed by atoms with Gasteiger partial charge in [0.15, 0.2) is 0 Å². The Morgan fingerprint density at radius 3 is 2.16 bits per heavy atom. The smallest absolute Gasteiger partial charge is 0.326 e. The third-order valence-corrected chi connectivity index (χ3v) is 7.27. The van der Waals surface area contributed by atoms with Gasteiger partial charge in [-0.25, -0.2) is 4.79 Å². The van der Waals surface area contributed by atoms with Crippen LogP contribution in [-0.4, -0.2) is 69.6 Å². The third-order valence-electron chi connectivity index (χ3n) is 7.27. The van der Waals surface area contributed by atoms with Gasteiger partial charge in [0.05, 0.1) is 6.04 Å². The van der Waals surface area contributed by atoms with Crippen LogP contribution in [0, 0.1) is 5.92 Å². The van der Waals surface area contributed by atoms with Gasteiger partial charge in [-0.3, -0.25) is 14.4 Å². The maximum atomic E-state index is 13.6. The minimum atomic E-state index is -1.18. The SMILES string of the molecule is CC(C)C(NC(=O)C(CCCCN)NC(=O)C(Cc1ccc(O)cc1)NC(=O)C(N)Cc1c[nH]c2ccccc12)C(=O)O. The highest BCUT2D eigenvalue weighted by Crippen LogP contribution is 2.19. The summed E-state index contributed by atoms with van der Waals surface area (Å²) < 4.78 is 0. The number of carbonyl (C=O) groups excluding carboxylic acids is 3. The van der Waals surface area contributed by atoms with Crippen molar-refractivity contribution in [3.8, 4) is 5.75 Å². The number of phenolic OH excluding ortho intramolecular Hbond substituents is 1. The Kier molecular flexibility index (Phi) is 12.1. The second kappa shape index (κ2) is 15.7. The molecule has 0 aliphatic carbocycles. The maximum Gasteiger partial charge on any atom is 0.326 e. The number of nitrogens with one attached hydrogen (secondary N) is 4. The number of aliphatic carboxylic acids is 1. The minimum absolute atomic E-state index is 0.0457. The lowest BCUT2D eigenvalue weighted by Crippen LogP contribution is -2.58. The molecule has 4 atom stereocenters. The molecule has 0 spiro atoms. The number of aromatic amines is 1. The Balaban J connectivity index is 1.79. The number of hydrogen-bond donors (Lipinski definition) is 8. The summed E-state index contributed by atoms with van der Waals surface area (Å²) in [7, 11) is 0. The van der Waals surface area contributed by atoms with E-state index in [0.717, 1.165) is 16.5 Å². The number of H-pyrrole nitrogens is 1. The molecular formula is C31H42N6O6. The van der Waals surface area contributed by atoms with Crippen LogP contribution in [0.3, 0.4) is 0 Å². The molecule has 3 amide bonds. The zero-order valence-electron chi connectivity index (χ0n) is 24.5. The first-order valence-electron chi connectivity index (χ1n) is 14.4. The molecule has 0 bridgehead atoms. The van der Waals surface area contributed by atoms with Crippen molar-refractivity contribution in [1.82, 2.24) is 20.9 Å². The first-order chi connectivity index (χ1) is 20.5. The van der Waals surface area contributed by atoms with Crippen molar-refractivity contribution in [2.45, 2.75) is 70.1 Å². The number of carboxylic acids is 1. The van der Waals surface area contributed by atoms with Crippen LogP contribution in [0.4, 0.5) is 0 Å². The van der Waals surface area contributed by atoms with Crippen molar-refractivity contribution in [2.75, 3.05) is 6.54 Å². The van der Waals surface area contributed by atoms with Crippen LogP contribution < -0.4 is 27.4 Å². The number of unbranched alkanes of at least 4 members (excludes halogenated alkanes) is 1. The highest BCUT2D eigenvalue weighted by molar-refractivity contribution is 5.94. The van der Waals surface area contributed by atoms with E-state index in [1.807, 2.05) is 24.3 Å². The molecule has 0 radical (unpaired) electrons. The highest BCUT2D eigenvalue weighted by atomic mass is 16.4. The summed E-state index contributed by atoms with van der Waals surface area (Å²) in [4.78, 5) is 54.9. The van der Waals surface area contributed by atoms with E-state index in [4.69, 9.17) is 11.5 Å². The molecule has 2 aromatic carbocycles. The van der Waals surface area contributed by atoms with Crippen LogP contribution in [0.25, 0.3) is 10.9 Å². The zero-order chi connectivity index (χ0) is 31.5. The number of nitrogens with two attached hydrogens (primary N) is 2. The molecule has 3 aromatic rings. The monoisotopic (exact) mass is 594 g/mol. The number of aromatic nitrogens is 1. The number of fused-ring (bicyclic) bond motifs is 1. The van der Waals surface area contributed by atoms with Gasteiger partial charge in [0, 0.05) is 23.5 Å². The van der Waals surface area contributed by atoms with Crippen LogP contribution in [0.5, 0.6) is 5.75 Å². The lowest BCUT2D eigenvalue weighted by Gasteiger charge is -2.26. The van der Waals surface area contributed by atoms with Crippen molar-refractivity contribution in [3.63, 3.8) is 0 Å². The fourth-order valence-electron chi connectivity index (χ4n) is 4.79. The average Bonchev–Trinajstić information content (AvgIpc) is 3.38. The molecule has 0 aliphatic rings. The maximum absolute atomic E-state index is 13.6. The summed E-state index contributed by atoms with van der Waals surface area (Å²) in [6.45, 7) is 3.73. The topological polar surface area (TPSA) is 213 Å². The molecule has 232 valence electrons. The van der Waals surface area contributed by atoms with Gasteiger partial charge >= 0.3 is 5.97 Å². The Morgan fingerprint density at radius 2 is 1.51 bits per heavy atom. The van der Waals surface area contributed by atoms with Crippen molar-refractivity contribution >= 4 is 34.6 Å². The molecule has 3 rings (SSSR count). The lowest BCUT2D eigenvalue weighted by molar-refractivity contribution is -0.143. The van der Waals surface area contributed by atoms with E-state index in [1.165, 1.54) is 12.1 Å². The number of hydrogen-bond acceptors (Lipinski definition) is 7. The Labute approximate surface area is 250 Å². The summed E-state index contributed by atoms with van der Waals surface area (Å²) in [5.41, 5.74) is 14.3. The van der Waals surface area contributed by atoms with Gasteiger partial charge in [-0.05, 0) is 67.5 Å². The van der Waals surface area contributed by atoms with E-state index in [2.05, 4.69) is 20.9 Å². The number of aromatic hydroxyl groups is 1. The number of carbonyl (C=O) groups is 4. The molecule has 1 aromatic heterocycles. The zero-order valence-corrected chi connectivity index (χ0v) is 24.5. The molecule has 12 heteroatoms. The number of benzene rings is 2. The standard InChI is InChI=1S/C31H42N6O6/c1-18(2)27(31(42)43)37-29(40)25(9-5-6-14-32)35-30(41)26(15-19-10-12-21(38)13-11-19)36-28(39)23(33)16-20-17-34-24-8-4-3-7-22(20)24/h3-4,7-8,10-13,17-18,23,25-27,34,38H,5-6,9,14-16,32-33H2,1-2H3,(H,35,41)(H,36,39)(H,37,40)(H,42,43). The summed E-state index contributed by atoms with van der Waals surface area (Å²) in [6.07, 6.45) is 3.41. The van der Waals surface area contributed by atoms with E-state index in [1.54, 1.807) is 32.2 Å². The van der Waals surface area contributed by atoms with Gasteiger partial charge in [-0.15, -0.1) is 0 Å². The van der Waals surface area contributed by atoms with Gasteiger partial charge in [0.1, 0.15) is 23.9 Å². The van der Waals surface area contributed by atoms with Gasteiger partial charge in [-0.2, -0.15) is 0 Å². The predicted molar refractivity (Wildman–Crippen MR) is 163 cm³/mol. The first kappa shape index (κ1) is 33.1. The van der Waals surface area contributed by atoms with Crippen LogP contribution in [0.1, 0.15) is 44.2 Å². The molecule has 1 heterocycles. The molecule has 0 aliphatic heterocycles. The van der Waals surface area contributed by atoms with E-state index in [0.29, 0.717) is 24.9 Å². The molecular weight excluding hydrogens is 552 g/mol. The van der Waals surface area contributed by atoms with Gasteiger partial charge in [-0.1, -0.05) is 44.2 Å². The van der Waals surface area contributed by atoms with Gasteiger partial charge < -0.3 is 42.6 Å². The third kappa shape index (κ3) is 9.55. The van der Waals surface area contributed by atoms with Crippen molar-refractivity contribution in [2.24, 2.45) is 17.4 Å². The summed E-state index contributed by atoms with van der Waals surface area (Å²) in [5.74, 6) is -3.36. The molecule has 0 saturated carbocycles. The van der Waals surface area contributed by atoms with Crippen molar-refractivity contribution < 1.29 is 29.4 Å². The van der Waals surface area contributed by atoms with E-state index >= 15 is 0 Å². The Bertz CT molecular complexity index is 1390. The number of rotatable bonds is 16. The fraction of sp³-hybridized carbons (Fsp3) is 0.419. The average molecular weight is 595 g/mol. The summed E-state index contributed by atoms with van der Waals surface area (Å²) in [6, 6.07) is 9.54. The van der Waals surface area contributed by atoms with Crippen LogP contribution in [-0.2, 0) is 32.0 Å². The molecule has 12 nitrogen and oxygen atoms in total. The van der Waals surface area contributed by atoms with Gasteiger partial charge in [0.2, 0.25) is 17.7 Å². The Hall–Kier alpha value is -4.42. The van der Waals surface area contributed by atoms with Crippen molar-refractivity contribution in [1.29, 1.82) is 0 Å². The Morgan fingerprint density at radius 1 is 0.860 bits per heavy atom. The quantitative estimate of drug-likeness (QED) is 0.113. The van der Waals surface area contributed by atoms with Crippen molar-refractivity contribution in [3.05, 3.63) is 65.9 Å². The summed E-state index contributed by atoms with van der Waals surface area (Å²) in [5, 5.41) is 28.1. The number of carboxylic acid groups (broad SMARTS) is 1. The van der Waals surface area contributed by atoms with E-state index in [9.17, 15) is 29.4 Å². The van der Waals surface area contributed by atoms with Crippen LogP contribution in [0.2, 0.25) is 0 Å². The summed E-state index contributed by atoms with van der Waals surface area (Å²) >= 11 is 0. The minimum Gasteiger partial charge on any atom is -0.508 e.